The number of carbonyl (C=O) groups is 1. The van der Waals surface area contributed by atoms with Crippen molar-refractivity contribution in [2.75, 3.05) is 18.4 Å². The number of aryl methyl sites for hydroxylation is 2. The first-order valence-corrected chi connectivity index (χ1v) is 12.0. The van der Waals surface area contributed by atoms with Crippen LogP contribution in [0, 0.1) is 25.6 Å². The molecule has 0 radical (unpaired) electrons. The van der Waals surface area contributed by atoms with Crippen molar-refractivity contribution >= 4 is 21.6 Å². The molecule has 0 atom stereocenters. The molecule has 168 valence electrons. The molecule has 1 N–H and O–H groups in total. The van der Waals surface area contributed by atoms with E-state index in [2.05, 4.69) is 5.32 Å². The summed E-state index contributed by atoms with van der Waals surface area (Å²) in [5.74, 6) is -1.18. The number of anilines is 1. The highest BCUT2D eigenvalue weighted by atomic mass is 32.2. The fourth-order valence-corrected chi connectivity index (χ4v) is 5.45. The summed E-state index contributed by atoms with van der Waals surface area (Å²) >= 11 is 0. The zero-order chi connectivity index (χ0) is 22.9. The Morgan fingerprint density at radius 2 is 1.69 bits per heavy atom. The first kappa shape index (κ1) is 22.2. The van der Waals surface area contributed by atoms with Gasteiger partial charge in [-0.1, -0.05) is 6.07 Å². The molecular weight excluding hydrogens is 429 g/mol. The Balaban J connectivity index is 1.42. The number of hydrogen-bond acceptors (Lipinski definition) is 3. The molecule has 2 aromatic carbocycles. The number of sulfonamides is 1. The van der Waals surface area contributed by atoms with E-state index < -0.39 is 15.8 Å². The lowest BCUT2D eigenvalue weighted by Crippen LogP contribution is -2.41. The molecule has 1 aliphatic heterocycles. The number of benzene rings is 2. The van der Waals surface area contributed by atoms with E-state index in [0.29, 0.717) is 12.8 Å². The summed E-state index contributed by atoms with van der Waals surface area (Å²) in [4.78, 5) is 13.0. The van der Waals surface area contributed by atoms with Crippen molar-refractivity contribution in [2.45, 2.75) is 31.6 Å². The number of nitrogens with zero attached hydrogens (tertiary/aromatic N) is 2. The number of carbonyl (C=O) groups excluding carboxylic acids is 1. The topological polar surface area (TPSA) is 71.4 Å². The van der Waals surface area contributed by atoms with Crippen LogP contribution in [0.2, 0.25) is 0 Å². The predicted octanol–water partition coefficient (Wildman–Crippen LogP) is 4.27. The van der Waals surface area contributed by atoms with Crippen molar-refractivity contribution in [1.29, 1.82) is 0 Å². The van der Waals surface area contributed by atoms with Crippen LogP contribution >= 0.6 is 0 Å². The van der Waals surface area contributed by atoms with Crippen molar-refractivity contribution in [2.24, 2.45) is 5.92 Å². The van der Waals surface area contributed by atoms with Gasteiger partial charge in [0, 0.05) is 37.1 Å². The lowest BCUT2D eigenvalue weighted by molar-refractivity contribution is -0.120. The lowest BCUT2D eigenvalue weighted by Gasteiger charge is -2.30. The van der Waals surface area contributed by atoms with Gasteiger partial charge in [-0.25, -0.2) is 12.8 Å². The van der Waals surface area contributed by atoms with E-state index in [1.165, 1.54) is 10.4 Å². The van der Waals surface area contributed by atoms with Gasteiger partial charge in [0.15, 0.2) is 0 Å². The van der Waals surface area contributed by atoms with Gasteiger partial charge in [-0.05, 0) is 80.3 Å². The molecule has 0 spiro atoms. The second-order valence-corrected chi connectivity index (χ2v) is 10.1. The molecule has 1 aromatic heterocycles. The number of hydrogen-bond donors (Lipinski definition) is 1. The molecule has 1 amide bonds. The van der Waals surface area contributed by atoms with Gasteiger partial charge in [0.05, 0.1) is 10.6 Å². The molecule has 0 saturated carbocycles. The average molecular weight is 456 g/mol. The molecule has 4 rings (SSSR count). The average Bonchev–Trinajstić information content (AvgIpc) is 3.32. The van der Waals surface area contributed by atoms with Gasteiger partial charge in [0.1, 0.15) is 5.82 Å². The van der Waals surface area contributed by atoms with Gasteiger partial charge < -0.3 is 9.88 Å². The lowest BCUT2D eigenvalue weighted by atomic mass is 9.97. The maximum atomic E-state index is 14.3. The number of halogens is 1. The van der Waals surface area contributed by atoms with E-state index in [9.17, 15) is 17.6 Å². The molecule has 8 heteroatoms. The Labute approximate surface area is 187 Å². The van der Waals surface area contributed by atoms with Crippen LogP contribution in [-0.2, 0) is 14.8 Å². The van der Waals surface area contributed by atoms with E-state index in [4.69, 9.17) is 0 Å². The zero-order valence-electron chi connectivity index (χ0n) is 18.1. The molecule has 32 heavy (non-hydrogen) atoms. The molecule has 0 unspecified atom stereocenters. The smallest absolute Gasteiger partial charge is 0.243 e. The van der Waals surface area contributed by atoms with Gasteiger partial charge in [-0.2, -0.15) is 4.31 Å². The maximum absolute atomic E-state index is 14.3. The van der Waals surface area contributed by atoms with Crippen molar-refractivity contribution in [3.63, 3.8) is 0 Å². The fraction of sp³-hybridized carbons (Fsp3) is 0.292. The summed E-state index contributed by atoms with van der Waals surface area (Å²) in [7, 11) is -3.61. The Bertz CT molecular complexity index is 1230. The number of piperidine rings is 1. The minimum atomic E-state index is -3.61. The highest BCUT2D eigenvalue weighted by Crippen LogP contribution is 2.27. The number of rotatable bonds is 5. The van der Waals surface area contributed by atoms with Crippen LogP contribution in [0.1, 0.15) is 24.0 Å². The quantitative estimate of drug-likeness (QED) is 0.625. The number of aromatic nitrogens is 1. The molecule has 1 aliphatic rings. The summed E-state index contributed by atoms with van der Waals surface area (Å²) in [6.07, 6.45) is 4.44. The Kier molecular flexibility index (Phi) is 6.17. The summed E-state index contributed by atoms with van der Waals surface area (Å²) in [6.45, 7) is 4.32. The monoisotopic (exact) mass is 455 g/mol. The normalized spacial score (nSPS) is 15.6. The Morgan fingerprint density at radius 3 is 2.34 bits per heavy atom. The van der Waals surface area contributed by atoms with E-state index in [1.54, 1.807) is 30.3 Å². The standard InChI is InChI=1S/C24H26FN3O3S/c1-17-5-7-21(15-18(17)2)32(30,31)28-13-9-19(10-14-28)24(29)26-23-16-20(6-8-22(23)25)27-11-3-4-12-27/h3-8,11-12,15-16,19H,9-10,13-14H2,1-2H3,(H,26,29). The highest BCUT2D eigenvalue weighted by Gasteiger charge is 2.32. The first-order valence-electron chi connectivity index (χ1n) is 10.6. The van der Waals surface area contributed by atoms with Crippen LogP contribution in [0.3, 0.4) is 0 Å². The SMILES string of the molecule is Cc1ccc(S(=O)(=O)N2CCC(C(=O)Nc3cc(-n4cccc4)ccc3F)CC2)cc1C. The minimum Gasteiger partial charge on any atom is -0.324 e. The van der Waals surface area contributed by atoms with E-state index in [-0.39, 0.29) is 35.5 Å². The third kappa shape index (κ3) is 4.47. The van der Waals surface area contributed by atoms with Crippen molar-refractivity contribution in [1.82, 2.24) is 8.87 Å². The zero-order valence-corrected chi connectivity index (χ0v) is 18.9. The third-order valence-electron chi connectivity index (χ3n) is 6.05. The molecule has 6 nitrogen and oxygen atoms in total. The fourth-order valence-electron chi connectivity index (χ4n) is 3.89. The number of amides is 1. The number of nitrogens with one attached hydrogen (secondary N) is 1. The molecule has 1 fully saturated rings. The van der Waals surface area contributed by atoms with Gasteiger partial charge in [0.25, 0.3) is 0 Å². The van der Waals surface area contributed by atoms with Crippen molar-refractivity contribution in [3.8, 4) is 5.69 Å². The molecule has 1 saturated heterocycles. The highest BCUT2D eigenvalue weighted by molar-refractivity contribution is 7.89. The predicted molar refractivity (Wildman–Crippen MR) is 122 cm³/mol. The Morgan fingerprint density at radius 1 is 1.00 bits per heavy atom. The second-order valence-electron chi connectivity index (χ2n) is 8.17. The molecule has 0 bridgehead atoms. The van der Waals surface area contributed by atoms with E-state index >= 15 is 0 Å². The second kappa shape index (κ2) is 8.88. The van der Waals surface area contributed by atoms with Crippen LogP contribution in [-0.4, -0.2) is 36.3 Å². The minimum absolute atomic E-state index is 0.117. The molecular formula is C24H26FN3O3S. The van der Waals surface area contributed by atoms with Crippen molar-refractivity contribution < 1.29 is 17.6 Å². The van der Waals surface area contributed by atoms with Crippen molar-refractivity contribution in [3.05, 3.63) is 77.9 Å². The summed E-state index contributed by atoms with van der Waals surface area (Å²) < 4.78 is 43.5. The van der Waals surface area contributed by atoms with Crippen LogP contribution in [0.4, 0.5) is 10.1 Å². The van der Waals surface area contributed by atoms with Crippen LogP contribution in [0.15, 0.2) is 65.8 Å². The largest absolute Gasteiger partial charge is 0.324 e. The van der Waals surface area contributed by atoms with Crippen LogP contribution in [0.5, 0.6) is 0 Å². The molecule has 0 aliphatic carbocycles. The molecule has 3 aromatic rings. The summed E-state index contributed by atoms with van der Waals surface area (Å²) in [5.41, 5.74) is 2.81. The summed E-state index contributed by atoms with van der Waals surface area (Å²) in [5, 5.41) is 2.69. The van der Waals surface area contributed by atoms with Crippen LogP contribution < -0.4 is 5.32 Å². The van der Waals surface area contributed by atoms with Gasteiger partial charge >= 0.3 is 0 Å². The van der Waals surface area contributed by atoms with Gasteiger partial charge in [-0.3, -0.25) is 4.79 Å². The van der Waals surface area contributed by atoms with Crippen LogP contribution in [0.25, 0.3) is 5.69 Å². The maximum Gasteiger partial charge on any atom is 0.243 e. The van der Waals surface area contributed by atoms with Gasteiger partial charge in [-0.15, -0.1) is 0 Å². The molecule has 2 heterocycles. The third-order valence-corrected chi connectivity index (χ3v) is 7.95. The van der Waals surface area contributed by atoms with E-state index in [1.807, 2.05) is 42.9 Å². The Hall–Kier alpha value is -2.97. The van der Waals surface area contributed by atoms with Gasteiger partial charge in [0.2, 0.25) is 15.9 Å². The first-order chi connectivity index (χ1) is 15.3. The summed E-state index contributed by atoms with van der Waals surface area (Å²) in [6, 6.07) is 13.4. The van der Waals surface area contributed by atoms with E-state index in [0.717, 1.165) is 16.8 Å².